The number of nitro groups is 1. The summed E-state index contributed by atoms with van der Waals surface area (Å²) in [5.41, 5.74) is 1.12. The molecule has 114 valence electrons. The number of hydrogen-bond donors (Lipinski definition) is 1. The van der Waals surface area contributed by atoms with E-state index in [1.54, 1.807) is 12.1 Å². The van der Waals surface area contributed by atoms with Crippen LogP contribution < -0.4 is 5.32 Å². The molecule has 0 aliphatic heterocycles. The first kappa shape index (κ1) is 15.0. The van der Waals surface area contributed by atoms with Crippen LogP contribution in [0.3, 0.4) is 0 Å². The molecule has 0 spiro atoms. The normalized spacial score (nSPS) is 13.8. The lowest BCUT2D eigenvalue weighted by Gasteiger charge is -2.02. The molecule has 1 N–H and O–H groups in total. The van der Waals surface area contributed by atoms with Gasteiger partial charge in [0.1, 0.15) is 0 Å². The minimum atomic E-state index is -0.443. The van der Waals surface area contributed by atoms with Crippen LogP contribution >= 0.6 is 23.1 Å². The van der Waals surface area contributed by atoms with Crippen LogP contribution in [-0.4, -0.2) is 21.6 Å². The summed E-state index contributed by atoms with van der Waals surface area (Å²) in [6, 6.07) is 6.15. The standard InChI is InChI=1S/C14H13N3O3S2/c18-13(16-14-15-12(7-22-14)9-1-2-9)8-21-11-5-3-10(4-6-11)17(19)20/h3-7,9H,1-2,8H2,(H,15,16,18). The van der Waals surface area contributed by atoms with Crippen molar-refractivity contribution in [3.8, 4) is 0 Å². The Morgan fingerprint density at radius 2 is 2.14 bits per heavy atom. The van der Waals surface area contributed by atoms with Gasteiger partial charge in [0.05, 0.1) is 16.4 Å². The molecule has 0 radical (unpaired) electrons. The Morgan fingerprint density at radius 1 is 1.41 bits per heavy atom. The van der Waals surface area contributed by atoms with Crippen molar-refractivity contribution in [3.05, 3.63) is 45.5 Å². The molecule has 3 rings (SSSR count). The Bertz CT molecular complexity index is 696. The number of nitrogens with zero attached hydrogens (tertiary/aromatic N) is 2. The van der Waals surface area contributed by atoms with Gasteiger partial charge < -0.3 is 5.32 Å². The number of rotatable bonds is 6. The van der Waals surface area contributed by atoms with Crippen molar-refractivity contribution in [2.24, 2.45) is 0 Å². The number of nitrogens with one attached hydrogen (secondary N) is 1. The second kappa shape index (κ2) is 6.45. The Hall–Kier alpha value is -1.93. The van der Waals surface area contributed by atoms with Crippen LogP contribution in [0.25, 0.3) is 0 Å². The third kappa shape index (κ3) is 3.83. The molecule has 2 aromatic rings. The zero-order valence-electron chi connectivity index (χ0n) is 11.5. The minimum absolute atomic E-state index is 0.0455. The summed E-state index contributed by atoms with van der Waals surface area (Å²) in [4.78, 5) is 27.2. The number of thioether (sulfide) groups is 1. The van der Waals surface area contributed by atoms with Gasteiger partial charge in [0.25, 0.3) is 5.69 Å². The minimum Gasteiger partial charge on any atom is -0.301 e. The highest BCUT2D eigenvalue weighted by Gasteiger charge is 2.26. The number of aromatic nitrogens is 1. The molecule has 0 unspecified atom stereocenters. The first-order valence-electron chi connectivity index (χ1n) is 6.74. The number of benzene rings is 1. The Morgan fingerprint density at radius 3 is 2.77 bits per heavy atom. The van der Waals surface area contributed by atoms with Gasteiger partial charge in [-0.15, -0.1) is 23.1 Å². The molecule has 22 heavy (non-hydrogen) atoms. The molecule has 1 aromatic carbocycles. The average Bonchev–Trinajstić information content (AvgIpc) is 3.26. The molecule has 8 heteroatoms. The predicted molar refractivity (Wildman–Crippen MR) is 86.5 cm³/mol. The van der Waals surface area contributed by atoms with Crippen LogP contribution in [0.1, 0.15) is 24.5 Å². The van der Waals surface area contributed by atoms with Crippen molar-refractivity contribution in [2.75, 3.05) is 11.1 Å². The Balaban J connectivity index is 1.49. The van der Waals surface area contributed by atoms with E-state index in [1.165, 1.54) is 48.1 Å². The highest BCUT2D eigenvalue weighted by molar-refractivity contribution is 8.00. The molecule has 0 bridgehead atoms. The summed E-state index contributed by atoms with van der Waals surface area (Å²) < 4.78 is 0. The molecule has 0 atom stereocenters. The lowest BCUT2D eigenvalue weighted by Crippen LogP contribution is -2.13. The number of thiazole rings is 1. The van der Waals surface area contributed by atoms with Crippen LogP contribution in [0.2, 0.25) is 0 Å². The average molecular weight is 335 g/mol. The largest absolute Gasteiger partial charge is 0.301 e. The van der Waals surface area contributed by atoms with Gasteiger partial charge in [-0.3, -0.25) is 14.9 Å². The zero-order chi connectivity index (χ0) is 15.5. The summed E-state index contributed by atoms with van der Waals surface area (Å²) >= 11 is 2.78. The lowest BCUT2D eigenvalue weighted by atomic mass is 10.3. The van der Waals surface area contributed by atoms with Crippen LogP contribution in [0.15, 0.2) is 34.5 Å². The van der Waals surface area contributed by atoms with Gasteiger partial charge in [-0.2, -0.15) is 0 Å². The summed E-state index contributed by atoms with van der Waals surface area (Å²) in [6.45, 7) is 0. The monoisotopic (exact) mass is 335 g/mol. The van der Waals surface area contributed by atoms with Crippen LogP contribution in [0, 0.1) is 10.1 Å². The summed E-state index contributed by atoms with van der Waals surface area (Å²) in [5.74, 6) is 0.701. The van der Waals surface area contributed by atoms with Gasteiger partial charge in [-0.1, -0.05) is 0 Å². The lowest BCUT2D eigenvalue weighted by molar-refractivity contribution is -0.384. The summed E-state index contributed by atoms with van der Waals surface area (Å²) in [5, 5.41) is 16.0. The number of non-ortho nitro benzene ring substituents is 1. The third-order valence-corrected chi connectivity index (χ3v) is 4.97. The zero-order valence-corrected chi connectivity index (χ0v) is 13.2. The summed E-state index contributed by atoms with van der Waals surface area (Å²) in [6.07, 6.45) is 2.38. The fourth-order valence-electron chi connectivity index (χ4n) is 1.88. The molecule has 0 saturated heterocycles. The van der Waals surface area contributed by atoms with Crippen molar-refractivity contribution in [1.29, 1.82) is 0 Å². The highest BCUT2D eigenvalue weighted by Crippen LogP contribution is 2.40. The molecule has 1 aliphatic carbocycles. The highest BCUT2D eigenvalue weighted by atomic mass is 32.2. The van der Waals surface area contributed by atoms with Gasteiger partial charge >= 0.3 is 0 Å². The number of amides is 1. The molecule has 1 aliphatic rings. The first-order chi connectivity index (χ1) is 10.6. The quantitative estimate of drug-likeness (QED) is 0.495. The third-order valence-electron chi connectivity index (χ3n) is 3.18. The van der Waals surface area contributed by atoms with E-state index < -0.39 is 4.92 Å². The van der Waals surface area contributed by atoms with E-state index in [0.29, 0.717) is 11.0 Å². The van der Waals surface area contributed by atoms with E-state index in [9.17, 15) is 14.9 Å². The predicted octanol–water partition coefficient (Wildman–Crippen LogP) is 3.66. The molecular weight excluding hydrogens is 322 g/mol. The number of carbonyl (C=O) groups is 1. The smallest absolute Gasteiger partial charge is 0.269 e. The fraction of sp³-hybridized carbons (Fsp3) is 0.286. The van der Waals surface area contributed by atoms with E-state index >= 15 is 0 Å². The maximum absolute atomic E-state index is 11.9. The van der Waals surface area contributed by atoms with Crippen molar-refractivity contribution >= 4 is 39.8 Å². The number of carbonyl (C=O) groups excluding carboxylic acids is 1. The van der Waals surface area contributed by atoms with Crippen molar-refractivity contribution in [1.82, 2.24) is 4.98 Å². The number of anilines is 1. The Kier molecular flexibility index (Phi) is 4.39. The maximum Gasteiger partial charge on any atom is 0.269 e. The SMILES string of the molecule is O=C(CSc1ccc([N+](=O)[O-])cc1)Nc1nc(C2CC2)cs1. The molecule has 1 aromatic heterocycles. The molecule has 1 fully saturated rings. The van der Waals surface area contributed by atoms with E-state index in [2.05, 4.69) is 10.3 Å². The van der Waals surface area contributed by atoms with Gasteiger partial charge in [0, 0.05) is 28.3 Å². The molecule has 1 heterocycles. The topological polar surface area (TPSA) is 85.1 Å². The molecule has 6 nitrogen and oxygen atoms in total. The first-order valence-corrected chi connectivity index (χ1v) is 8.61. The van der Waals surface area contributed by atoms with E-state index in [0.717, 1.165) is 10.6 Å². The van der Waals surface area contributed by atoms with Crippen LogP contribution in [0.5, 0.6) is 0 Å². The Labute approximate surface area is 135 Å². The number of hydrogen-bond acceptors (Lipinski definition) is 6. The van der Waals surface area contributed by atoms with Crippen LogP contribution in [-0.2, 0) is 4.79 Å². The second-order valence-electron chi connectivity index (χ2n) is 4.94. The van der Waals surface area contributed by atoms with Gasteiger partial charge in [-0.05, 0) is 25.0 Å². The van der Waals surface area contributed by atoms with Crippen molar-refractivity contribution in [3.63, 3.8) is 0 Å². The second-order valence-corrected chi connectivity index (χ2v) is 6.85. The number of nitro benzene ring substituents is 1. The van der Waals surface area contributed by atoms with Crippen molar-refractivity contribution in [2.45, 2.75) is 23.7 Å². The summed E-state index contributed by atoms with van der Waals surface area (Å²) in [7, 11) is 0. The van der Waals surface area contributed by atoms with E-state index in [1.807, 2.05) is 5.38 Å². The van der Waals surface area contributed by atoms with Gasteiger partial charge in [0.2, 0.25) is 5.91 Å². The molecular formula is C14H13N3O3S2. The fourth-order valence-corrected chi connectivity index (χ4v) is 3.39. The van der Waals surface area contributed by atoms with E-state index in [4.69, 9.17) is 0 Å². The maximum atomic E-state index is 11.9. The van der Waals surface area contributed by atoms with E-state index in [-0.39, 0.29) is 17.3 Å². The van der Waals surface area contributed by atoms with Gasteiger partial charge in [-0.25, -0.2) is 4.98 Å². The molecule has 1 amide bonds. The molecule has 1 saturated carbocycles. The van der Waals surface area contributed by atoms with Crippen molar-refractivity contribution < 1.29 is 9.72 Å². The van der Waals surface area contributed by atoms with Crippen LogP contribution in [0.4, 0.5) is 10.8 Å². The van der Waals surface area contributed by atoms with Gasteiger partial charge in [0.15, 0.2) is 5.13 Å².